The van der Waals surface area contributed by atoms with Crippen molar-refractivity contribution in [3.05, 3.63) is 24.3 Å². The lowest BCUT2D eigenvalue weighted by molar-refractivity contribution is -0.144. The second-order valence-electron chi connectivity index (χ2n) is 4.44. The van der Waals surface area contributed by atoms with Gasteiger partial charge >= 0.3 is 5.97 Å². The summed E-state index contributed by atoms with van der Waals surface area (Å²) in [6, 6.07) is 5.84. The second-order valence-corrected chi connectivity index (χ2v) is 6.45. The zero-order chi connectivity index (χ0) is 14.2. The van der Waals surface area contributed by atoms with Crippen molar-refractivity contribution in [1.82, 2.24) is 0 Å². The van der Waals surface area contributed by atoms with Gasteiger partial charge in [0.15, 0.2) is 9.84 Å². The third-order valence-electron chi connectivity index (χ3n) is 3.08. The highest BCUT2D eigenvalue weighted by Crippen LogP contribution is 2.26. The number of carbonyl (C=O) groups excluding carboxylic acids is 1. The summed E-state index contributed by atoms with van der Waals surface area (Å²) in [6.45, 7) is 0.327. The number of aliphatic carboxylic acids is 1. The Bertz CT molecular complexity index is 620. The van der Waals surface area contributed by atoms with Crippen LogP contribution in [0.3, 0.4) is 0 Å². The summed E-state index contributed by atoms with van der Waals surface area (Å²) in [6.07, 6.45) is 1.37. The minimum atomic E-state index is -3.28. The topological polar surface area (TPSA) is 91.8 Å². The molecule has 1 saturated heterocycles. The lowest BCUT2D eigenvalue weighted by atomic mass is 10.1. The fraction of sp³-hybridized carbons (Fsp3) is 0.333. The number of nitrogens with zero attached hydrogens (tertiary/aromatic N) is 1. The van der Waals surface area contributed by atoms with Crippen molar-refractivity contribution >= 4 is 27.4 Å². The molecule has 0 aromatic heterocycles. The Hall–Kier alpha value is -1.89. The van der Waals surface area contributed by atoms with Crippen molar-refractivity contribution in [2.45, 2.75) is 11.3 Å². The van der Waals surface area contributed by atoms with Crippen LogP contribution in [-0.4, -0.2) is 38.2 Å². The van der Waals surface area contributed by atoms with Crippen LogP contribution in [0.15, 0.2) is 29.2 Å². The maximum atomic E-state index is 11.9. The van der Waals surface area contributed by atoms with E-state index in [9.17, 15) is 18.0 Å². The Labute approximate surface area is 110 Å². The van der Waals surface area contributed by atoms with E-state index in [0.717, 1.165) is 6.26 Å². The van der Waals surface area contributed by atoms with Crippen molar-refractivity contribution in [1.29, 1.82) is 0 Å². The Balaban J connectivity index is 2.25. The third-order valence-corrected chi connectivity index (χ3v) is 4.21. The molecule has 1 aromatic carbocycles. The number of rotatable bonds is 3. The molecule has 2 rings (SSSR count). The number of carboxylic acids is 1. The van der Waals surface area contributed by atoms with Crippen LogP contribution in [0.2, 0.25) is 0 Å². The van der Waals surface area contributed by atoms with Gasteiger partial charge in [0.05, 0.1) is 4.90 Å². The van der Waals surface area contributed by atoms with Gasteiger partial charge in [-0.2, -0.15) is 0 Å². The molecular weight excluding hydrogens is 270 g/mol. The average Bonchev–Trinajstić information content (AvgIpc) is 2.70. The molecule has 1 N–H and O–H groups in total. The highest BCUT2D eigenvalue weighted by molar-refractivity contribution is 7.90. The second kappa shape index (κ2) is 4.65. The summed E-state index contributed by atoms with van der Waals surface area (Å²) in [7, 11) is -3.28. The monoisotopic (exact) mass is 283 g/mol. The molecule has 1 aliphatic heterocycles. The fourth-order valence-corrected chi connectivity index (χ4v) is 2.67. The first-order valence-electron chi connectivity index (χ1n) is 5.65. The number of anilines is 1. The first-order chi connectivity index (χ1) is 8.80. The molecule has 1 fully saturated rings. The van der Waals surface area contributed by atoms with Gasteiger partial charge in [0, 0.05) is 18.5 Å². The van der Waals surface area contributed by atoms with Crippen molar-refractivity contribution < 1.29 is 23.1 Å². The largest absolute Gasteiger partial charge is 0.481 e. The number of benzene rings is 1. The zero-order valence-electron chi connectivity index (χ0n) is 10.2. The summed E-state index contributed by atoms with van der Waals surface area (Å²) in [5.74, 6) is -2.59. The molecule has 1 atom stereocenters. The smallest absolute Gasteiger partial charge is 0.316 e. The molecule has 1 heterocycles. The van der Waals surface area contributed by atoms with E-state index in [1.54, 1.807) is 0 Å². The molecule has 1 unspecified atom stereocenters. The first-order valence-corrected chi connectivity index (χ1v) is 7.54. The van der Waals surface area contributed by atoms with Crippen LogP contribution >= 0.6 is 0 Å². The van der Waals surface area contributed by atoms with Crippen LogP contribution in [0.1, 0.15) is 6.42 Å². The molecule has 7 heteroatoms. The van der Waals surface area contributed by atoms with E-state index in [1.807, 2.05) is 0 Å². The predicted molar refractivity (Wildman–Crippen MR) is 67.6 cm³/mol. The van der Waals surface area contributed by atoms with Gasteiger partial charge < -0.3 is 10.0 Å². The van der Waals surface area contributed by atoms with Gasteiger partial charge in [-0.3, -0.25) is 9.59 Å². The lowest BCUT2D eigenvalue weighted by Crippen LogP contribution is -2.30. The number of hydrogen-bond donors (Lipinski definition) is 1. The number of amides is 1. The molecule has 0 radical (unpaired) electrons. The van der Waals surface area contributed by atoms with Gasteiger partial charge in [-0.1, -0.05) is 0 Å². The van der Waals surface area contributed by atoms with Gasteiger partial charge in [-0.25, -0.2) is 8.42 Å². The van der Waals surface area contributed by atoms with E-state index >= 15 is 0 Å². The number of hydrogen-bond acceptors (Lipinski definition) is 4. The van der Waals surface area contributed by atoms with Crippen LogP contribution in [0, 0.1) is 5.92 Å². The van der Waals surface area contributed by atoms with Crippen LogP contribution in [-0.2, 0) is 19.4 Å². The maximum absolute atomic E-state index is 11.9. The Kier molecular flexibility index (Phi) is 3.32. The summed E-state index contributed by atoms with van der Waals surface area (Å²) < 4.78 is 22.6. The Morgan fingerprint density at radius 3 is 2.32 bits per heavy atom. The number of carboxylic acid groups (broad SMARTS) is 1. The molecule has 6 nitrogen and oxygen atoms in total. The van der Waals surface area contributed by atoms with E-state index in [1.165, 1.54) is 29.2 Å². The van der Waals surface area contributed by atoms with E-state index in [2.05, 4.69) is 0 Å². The molecule has 1 aromatic rings. The molecule has 1 aliphatic rings. The maximum Gasteiger partial charge on any atom is 0.316 e. The molecule has 0 bridgehead atoms. The first kappa shape index (κ1) is 13.5. The summed E-state index contributed by atoms with van der Waals surface area (Å²) in [5.41, 5.74) is 0.515. The van der Waals surface area contributed by atoms with Gasteiger partial charge in [-0.15, -0.1) is 0 Å². The highest BCUT2D eigenvalue weighted by Gasteiger charge is 2.37. The van der Waals surface area contributed by atoms with E-state index in [4.69, 9.17) is 5.11 Å². The molecule has 0 aliphatic carbocycles. The molecule has 1 amide bonds. The van der Waals surface area contributed by atoms with Gasteiger partial charge in [0.1, 0.15) is 5.92 Å². The Morgan fingerprint density at radius 2 is 1.89 bits per heavy atom. The minimum absolute atomic E-state index is 0.165. The minimum Gasteiger partial charge on any atom is -0.481 e. The predicted octanol–water partition coefficient (Wildman–Crippen LogP) is 0.528. The number of carbonyl (C=O) groups is 2. The van der Waals surface area contributed by atoms with Crippen molar-refractivity contribution in [3.63, 3.8) is 0 Å². The van der Waals surface area contributed by atoms with Crippen molar-refractivity contribution in [3.8, 4) is 0 Å². The summed E-state index contributed by atoms with van der Waals surface area (Å²) in [5, 5.41) is 8.87. The van der Waals surface area contributed by atoms with Crippen LogP contribution in [0.25, 0.3) is 0 Å². The van der Waals surface area contributed by atoms with Crippen molar-refractivity contribution in [2.75, 3.05) is 17.7 Å². The van der Waals surface area contributed by atoms with Crippen LogP contribution in [0.4, 0.5) is 5.69 Å². The van der Waals surface area contributed by atoms with Crippen LogP contribution in [0.5, 0.6) is 0 Å². The quantitative estimate of drug-likeness (QED) is 0.817. The van der Waals surface area contributed by atoms with Gasteiger partial charge in [0.25, 0.3) is 0 Å². The average molecular weight is 283 g/mol. The van der Waals surface area contributed by atoms with E-state index < -0.39 is 27.6 Å². The third kappa shape index (κ3) is 2.60. The SMILES string of the molecule is CS(=O)(=O)c1ccc(N2CCC(C(=O)O)C2=O)cc1. The highest BCUT2D eigenvalue weighted by atomic mass is 32.2. The molecule has 102 valence electrons. The molecule has 0 spiro atoms. The molecule has 0 saturated carbocycles. The Morgan fingerprint density at radius 1 is 1.32 bits per heavy atom. The van der Waals surface area contributed by atoms with Gasteiger partial charge in [0.2, 0.25) is 5.91 Å². The van der Waals surface area contributed by atoms with E-state index in [-0.39, 0.29) is 11.3 Å². The lowest BCUT2D eigenvalue weighted by Gasteiger charge is -2.16. The molecule has 19 heavy (non-hydrogen) atoms. The summed E-state index contributed by atoms with van der Waals surface area (Å²) >= 11 is 0. The fourth-order valence-electron chi connectivity index (χ4n) is 2.04. The number of sulfone groups is 1. The van der Waals surface area contributed by atoms with Gasteiger partial charge in [-0.05, 0) is 30.7 Å². The van der Waals surface area contributed by atoms with E-state index in [0.29, 0.717) is 12.2 Å². The standard InChI is InChI=1S/C12H13NO5S/c1-19(17,18)9-4-2-8(3-5-9)13-7-6-10(11(13)14)12(15)16/h2-5,10H,6-7H2,1H3,(H,15,16). The normalized spacial score (nSPS) is 19.7. The summed E-state index contributed by atoms with van der Waals surface area (Å²) in [4.78, 5) is 24.2. The molecular formula is C12H13NO5S. The van der Waals surface area contributed by atoms with Crippen molar-refractivity contribution in [2.24, 2.45) is 5.92 Å². The van der Waals surface area contributed by atoms with Crippen LogP contribution < -0.4 is 4.90 Å². The zero-order valence-corrected chi connectivity index (χ0v) is 11.1.